The molecule has 0 saturated heterocycles. The third-order valence-electron chi connectivity index (χ3n) is 2.51. The van der Waals surface area contributed by atoms with Gasteiger partial charge in [-0.2, -0.15) is 0 Å². The van der Waals surface area contributed by atoms with Crippen molar-refractivity contribution < 1.29 is 4.74 Å². The van der Waals surface area contributed by atoms with E-state index < -0.39 is 0 Å². The molecule has 0 N–H and O–H groups in total. The Bertz CT molecular complexity index is 337. The lowest BCUT2D eigenvalue weighted by Gasteiger charge is -2.24. The van der Waals surface area contributed by atoms with Crippen molar-refractivity contribution in [2.45, 2.75) is 26.2 Å². The molecule has 0 aliphatic rings. The van der Waals surface area contributed by atoms with Crippen LogP contribution in [0.15, 0.2) is 18.2 Å². The van der Waals surface area contributed by atoms with Gasteiger partial charge in [0, 0.05) is 25.3 Å². The van der Waals surface area contributed by atoms with Gasteiger partial charge in [0.15, 0.2) is 0 Å². The van der Waals surface area contributed by atoms with Crippen molar-refractivity contribution in [2.75, 3.05) is 26.1 Å². The standard InChI is InChI=1S/C13H21NO/c1-13(2,3)11-9-10(14(4)5)7-8-12(11)15-6/h7-9H,1-6H3. The van der Waals surface area contributed by atoms with E-state index in [9.17, 15) is 0 Å². The van der Waals surface area contributed by atoms with Gasteiger partial charge in [-0.05, 0) is 23.6 Å². The summed E-state index contributed by atoms with van der Waals surface area (Å²) >= 11 is 0. The van der Waals surface area contributed by atoms with Crippen LogP contribution in [0.2, 0.25) is 0 Å². The van der Waals surface area contributed by atoms with Crippen LogP contribution in [-0.2, 0) is 5.41 Å². The van der Waals surface area contributed by atoms with Crippen molar-refractivity contribution >= 4 is 5.69 Å². The minimum Gasteiger partial charge on any atom is -0.496 e. The molecular weight excluding hydrogens is 186 g/mol. The van der Waals surface area contributed by atoms with Gasteiger partial charge in [0.2, 0.25) is 0 Å². The van der Waals surface area contributed by atoms with Crippen LogP contribution in [0.3, 0.4) is 0 Å². The predicted octanol–water partition coefficient (Wildman–Crippen LogP) is 3.06. The molecule has 0 heterocycles. The molecular formula is C13H21NO. The van der Waals surface area contributed by atoms with E-state index in [0.29, 0.717) is 0 Å². The van der Waals surface area contributed by atoms with Crippen LogP contribution in [0.25, 0.3) is 0 Å². The Kier molecular flexibility index (Phi) is 3.28. The minimum absolute atomic E-state index is 0.108. The van der Waals surface area contributed by atoms with Crippen molar-refractivity contribution in [3.8, 4) is 5.75 Å². The van der Waals surface area contributed by atoms with Gasteiger partial charge in [-0.1, -0.05) is 20.8 Å². The number of methoxy groups -OCH3 is 1. The predicted molar refractivity (Wildman–Crippen MR) is 66.0 cm³/mol. The Labute approximate surface area is 92.9 Å². The lowest BCUT2D eigenvalue weighted by Crippen LogP contribution is -2.15. The SMILES string of the molecule is COc1ccc(N(C)C)cc1C(C)(C)C. The molecule has 0 aromatic heterocycles. The maximum atomic E-state index is 5.39. The number of rotatable bonds is 2. The zero-order valence-electron chi connectivity index (χ0n) is 10.6. The zero-order valence-corrected chi connectivity index (χ0v) is 10.6. The van der Waals surface area contributed by atoms with Crippen LogP contribution < -0.4 is 9.64 Å². The lowest BCUT2D eigenvalue weighted by atomic mass is 9.86. The van der Waals surface area contributed by atoms with Gasteiger partial charge in [0.25, 0.3) is 0 Å². The summed E-state index contributed by atoms with van der Waals surface area (Å²) < 4.78 is 5.39. The molecule has 0 atom stereocenters. The highest BCUT2D eigenvalue weighted by molar-refractivity contribution is 5.54. The second-order valence-electron chi connectivity index (χ2n) is 5.03. The van der Waals surface area contributed by atoms with E-state index in [-0.39, 0.29) is 5.41 Å². The van der Waals surface area contributed by atoms with Crippen LogP contribution in [0.5, 0.6) is 5.75 Å². The van der Waals surface area contributed by atoms with E-state index >= 15 is 0 Å². The molecule has 2 heteroatoms. The summed E-state index contributed by atoms with van der Waals surface area (Å²) in [6, 6.07) is 6.31. The molecule has 0 bridgehead atoms. The fourth-order valence-electron chi connectivity index (χ4n) is 1.56. The molecule has 1 rings (SSSR count). The molecule has 0 unspecified atom stereocenters. The molecule has 84 valence electrons. The second kappa shape index (κ2) is 4.13. The number of ether oxygens (including phenoxy) is 1. The molecule has 1 aromatic rings. The molecule has 0 saturated carbocycles. The molecule has 0 fully saturated rings. The summed E-state index contributed by atoms with van der Waals surface area (Å²) in [5, 5.41) is 0. The third kappa shape index (κ3) is 2.65. The van der Waals surface area contributed by atoms with Crippen molar-refractivity contribution in [2.24, 2.45) is 0 Å². The van der Waals surface area contributed by atoms with E-state index in [4.69, 9.17) is 4.74 Å². The highest BCUT2D eigenvalue weighted by Crippen LogP contribution is 2.33. The Balaban J connectivity index is 3.26. The fraction of sp³-hybridized carbons (Fsp3) is 0.538. The number of hydrogen-bond donors (Lipinski definition) is 0. The highest BCUT2D eigenvalue weighted by Gasteiger charge is 2.19. The minimum atomic E-state index is 0.108. The summed E-state index contributed by atoms with van der Waals surface area (Å²) in [6.45, 7) is 6.60. The number of benzene rings is 1. The summed E-state index contributed by atoms with van der Waals surface area (Å²) in [6.07, 6.45) is 0. The van der Waals surface area contributed by atoms with E-state index in [1.54, 1.807) is 7.11 Å². The number of nitrogens with zero attached hydrogens (tertiary/aromatic N) is 1. The largest absolute Gasteiger partial charge is 0.496 e. The van der Waals surface area contributed by atoms with Gasteiger partial charge >= 0.3 is 0 Å². The maximum absolute atomic E-state index is 5.39. The van der Waals surface area contributed by atoms with Crippen LogP contribution in [0.1, 0.15) is 26.3 Å². The zero-order chi connectivity index (χ0) is 11.6. The Hall–Kier alpha value is -1.18. The van der Waals surface area contributed by atoms with Crippen molar-refractivity contribution in [1.82, 2.24) is 0 Å². The lowest BCUT2D eigenvalue weighted by molar-refractivity contribution is 0.397. The van der Waals surface area contributed by atoms with E-state index in [0.717, 1.165) is 5.75 Å². The Morgan fingerprint density at radius 3 is 2.13 bits per heavy atom. The number of anilines is 1. The molecule has 0 aliphatic carbocycles. The molecule has 0 radical (unpaired) electrons. The molecule has 2 nitrogen and oxygen atoms in total. The first-order valence-corrected chi connectivity index (χ1v) is 5.22. The fourth-order valence-corrected chi connectivity index (χ4v) is 1.56. The topological polar surface area (TPSA) is 12.5 Å². The van der Waals surface area contributed by atoms with Crippen molar-refractivity contribution in [3.63, 3.8) is 0 Å². The van der Waals surface area contributed by atoms with Crippen LogP contribution in [0, 0.1) is 0 Å². The summed E-state index contributed by atoms with van der Waals surface area (Å²) in [5.74, 6) is 0.966. The summed E-state index contributed by atoms with van der Waals surface area (Å²) in [4.78, 5) is 2.11. The molecule has 0 amide bonds. The second-order valence-corrected chi connectivity index (χ2v) is 5.03. The van der Waals surface area contributed by atoms with Gasteiger partial charge in [0.1, 0.15) is 5.75 Å². The van der Waals surface area contributed by atoms with Gasteiger partial charge < -0.3 is 9.64 Å². The van der Waals surface area contributed by atoms with E-state index in [1.165, 1.54) is 11.3 Å². The van der Waals surface area contributed by atoms with Crippen LogP contribution in [0.4, 0.5) is 5.69 Å². The maximum Gasteiger partial charge on any atom is 0.122 e. The van der Waals surface area contributed by atoms with Gasteiger partial charge in [-0.3, -0.25) is 0 Å². The normalized spacial score (nSPS) is 11.3. The number of hydrogen-bond acceptors (Lipinski definition) is 2. The average molecular weight is 207 g/mol. The van der Waals surface area contributed by atoms with E-state index in [2.05, 4.69) is 37.8 Å². The first-order valence-electron chi connectivity index (χ1n) is 5.22. The van der Waals surface area contributed by atoms with Gasteiger partial charge in [-0.25, -0.2) is 0 Å². The van der Waals surface area contributed by atoms with Gasteiger partial charge in [-0.15, -0.1) is 0 Å². The quantitative estimate of drug-likeness (QED) is 0.739. The first kappa shape index (κ1) is 11.9. The average Bonchev–Trinajstić information content (AvgIpc) is 2.15. The Morgan fingerprint density at radius 2 is 1.73 bits per heavy atom. The summed E-state index contributed by atoms with van der Waals surface area (Å²) in [7, 11) is 5.82. The molecule has 0 spiro atoms. The summed E-state index contributed by atoms with van der Waals surface area (Å²) in [5.41, 5.74) is 2.56. The third-order valence-corrected chi connectivity index (χ3v) is 2.51. The van der Waals surface area contributed by atoms with Gasteiger partial charge in [0.05, 0.1) is 7.11 Å². The molecule has 0 aliphatic heterocycles. The van der Waals surface area contributed by atoms with Crippen molar-refractivity contribution in [1.29, 1.82) is 0 Å². The van der Waals surface area contributed by atoms with Crippen molar-refractivity contribution in [3.05, 3.63) is 23.8 Å². The Morgan fingerprint density at radius 1 is 1.13 bits per heavy atom. The highest BCUT2D eigenvalue weighted by atomic mass is 16.5. The van der Waals surface area contributed by atoms with E-state index in [1.807, 2.05) is 20.2 Å². The monoisotopic (exact) mass is 207 g/mol. The van der Waals surface area contributed by atoms with Crippen LogP contribution in [-0.4, -0.2) is 21.2 Å². The van der Waals surface area contributed by atoms with Crippen LogP contribution >= 0.6 is 0 Å². The smallest absolute Gasteiger partial charge is 0.122 e. The molecule has 15 heavy (non-hydrogen) atoms. The first-order chi connectivity index (χ1) is 6.86. The molecule has 1 aromatic carbocycles.